The first-order valence-corrected chi connectivity index (χ1v) is 14.5. The molecule has 6 aromatic carbocycles. The van der Waals surface area contributed by atoms with Gasteiger partial charge in [-0.05, 0) is 90.0 Å². The average Bonchev–Trinajstić information content (AvgIpc) is 3.70. The molecule has 0 aliphatic rings. The summed E-state index contributed by atoms with van der Waals surface area (Å²) in [5, 5.41) is 12.7. The molecule has 216 valence electrons. The van der Waals surface area contributed by atoms with E-state index in [1.165, 1.54) is 6.07 Å². The molecule has 0 aliphatic heterocycles. The fraction of sp³-hybridized carbons (Fsp3) is 0. The first kappa shape index (κ1) is 26.4. The van der Waals surface area contributed by atoms with Crippen LogP contribution in [-0.2, 0) is 0 Å². The minimum atomic E-state index is -1.04. The van der Waals surface area contributed by atoms with Crippen molar-refractivity contribution in [3.63, 3.8) is 0 Å². The molecule has 0 fully saturated rings. The topological polar surface area (TPSA) is 76.1 Å². The Morgan fingerprint density at radius 1 is 0.644 bits per heavy atom. The van der Waals surface area contributed by atoms with Gasteiger partial charge in [0, 0.05) is 33.6 Å². The highest BCUT2D eigenvalue weighted by Gasteiger charge is 2.20. The molecule has 0 atom stereocenters. The zero-order valence-corrected chi connectivity index (χ0v) is 23.9. The zero-order chi connectivity index (χ0) is 30.3. The van der Waals surface area contributed by atoms with E-state index in [0.717, 1.165) is 61.1 Å². The van der Waals surface area contributed by atoms with Gasteiger partial charge in [-0.3, -0.25) is 0 Å². The highest BCUT2D eigenvalue weighted by Crippen LogP contribution is 2.44. The lowest BCUT2D eigenvalue weighted by molar-refractivity contribution is 0.0694. The van der Waals surface area contributed by atoms with E-state index in [0.29, 0.717) is 5.75 Å². The Kier molecular flexibility index (Phi) is 6.31. The number of anilines is 3. The van der Waals surface area contributed by atoms with Gasteiger partial charge in [0.25, 0.3) is 0 Å². The molecule has 0 unspecified atom stereocenters. The number of hydrogen-bond acceptors (Lipinski definition) is 5. The molecule has 2 heterocycles. The number of ether oxygens (including phenoxy) is 1. The van der Waals surface area contributed by atoms with Crippen LogP contribution in [-0.4, -0.2) is 11.1 Å². The number of benzene rings is 6. The van der Waals surface area contributed by atoms with Crippen LogP contribution in [0.15, 0.2) is 155 Å². The molecule has 8 aromatic rings. The molecule has 0 radical (unpaired) electrons. The van der Waals surface area contributed by atoms with Crippen molar-refractivity contribution >= 4 is 55.9 Å². The summed E-state index contributed by atoms with van der Waals surface area (Å²) in [5.74, 6) is -0.226. The van der Waals surface area contributed by atoms with E-state index in [1.807, 2.05) is 72.8 Å². The van der Waals surface area contributed by atoms with E-state index < -0.39 is 5.97 Å². The first-order valence-electron chi connectivity index (χ1n) is 14.5. The van der Waals surface area contributed by atoms with Crippen molar-refractivity contribution in [1.29, 1.82) is 0 Å². The van der Waals surface area contributed by atoms with Gasteiger partial charge in [0.15, 0.2) is 0 Å². The van der Waals surface area contributed by atoms with Crippen molar-refractivity contribution in [3.8, 4) is 22.6 Å². The van der Waals surface area contributed by atoms with E-state index in [1.54, 1.807) is 24.5 Å². The fourth-order valence-electron chi connectivity index (χ4n) is 5.88. The second kappa shape index (κ2) is 10.8. The molecular weight excluding hydrogens is 562 g/mol. The van der Waals surface area contributed by atoms with Crippen molar-refractivity contribution in [2.75, 3.05) is 4.90 Å². The van der Waals surface area contributed by atoms with E-state index in [4.69, 9.17) is 13.6 Å². The largest absolute Gasteiger partial charge is 0.478 e. The third kappa shape index (κ3) is 4.75. The second-order valence-corrected chi connectivity index (χ2v) is 10.7. The first-order chi connectivity index (χ1) is 22.1. The Hall–Kier alpha value is -6.27. The minimum Gasteiger partial charge on any atom is -0.478 e. The predicted molar refractivity (Wildman–Crippen MR) is 177 cm³/mol. The number of carboxylic acids is 1. The summed E-state index contributed by atoms with van der Waals surface area (Å²) in [6, 6.07) is 45.0. The number of hydrogen-bond donors (Lipinski definition) is 1. The summed E-state index contributed by atoms with van der Waals surface area (Å²) >= 11 is 0. The molecule has 0 aliphatic carbocycles. The van der Waals surface area contributed by atoms with Crippen LogP contribution in [0.4, 0.5) is 17.1 Å². The molecule has 0 bridgehead atoms. The van der Waals surface area contributed by atoms with E-state index >= 15 is 0 Å². The van der Waals surface area contributed by atoms with Crippen LogP contribution < -0.4 is 9.64 Å². The second-order valence-electron chi connectivity index (χ2n) is 10.7. The van der Waals surface area contributed by atoms with Crippen LogP contribution in [0, 0.1) is 0 Å². The number of fused-ring (bicyclic) bond motifs is 4. The maximum Gasteiger partial charge on any atom is 0.339 e. The van der Waals surface area contributed by atoms with Crippen LogP contribution in [0.3, 0.4) is 0 Å². The Morgan fingerprint density at radius 2 is 1.40 bits per heavy atom. The third-order valence-corrected chi connectivity index (χ3v) is 7.94. The molecule has 0 saturated heterocycles. The Labute approximate surface area is 257 Å². The summed E-state index contributed by atoms with van der Waals surface area (Å²) in [5.41, 5.74) is 7.42. The standard InChI is InChI=1S/C39H25NO5/c41-39(42)32-11-5-7-13-36(32)44-30-17-15-28(16-18-30)40(27-8-2-1-3-9-27)29-23-33(25-14-19-34-26(22-25)20-21-43-34)38-31-10-4-6-12-35(31)45-37(38)24-29/h1-24H,(H,41,42). The van der Waals surface area contributed by atoms with Crippen molar-refractivity contribution in [1.82, 2.24) is 0 Å². The molecular formula is C39H25NO5. The van der Waals surface area contributed by atoms with Gasteiger partial charge in [0.1, 0.15) is 33.8 Å². The Balaban J connectivity index is 1.29. The lowest BCUT2D eigenvalue weighted by atomic mass is 9.97. The number of nitrogens with zero attached hydrogens (tertiary/aromatic N) is 1. The van der Waals surface area contributed by atoms with Gasteiger partial charge in [-0.2, -0.15) is 0 Å². The van der Waals surface area contributed by atoms with Crippen molar-refractivity contribution in [3.05, 3.63) is 151 Å². The normalized spacial score (nSPS) is 11.3. The summed E-state index contributed by atoms with van der Waals surface area (Å²) in [6.45, 7) is 0. The van der Waals surface area contributed by atoms with E-state index in [9.17, 15) is 9.90 Å². The van der Waals surface area contributed by atoms with Crippen molar-refractivity contribution in [2.45, 2.75) is 0 Å². The van der Waals surface area contributed by atoms with E-state index in [2.05, 4.69) is 47.4 Å². The Morgan fingerprint density at radius 3 is 2.24 bits per heavy atom. The molecule has 0 amide bonds. The zero-order valence-electron chi connectivity index (χ0n) is 23.9. The highest BCUT2D eigenvalue weighted by molar-refractivity contribution is 6.14. The maximum absolute atomic E-state index is 11.7. The molecule has 8 rings (SSSR count). The number of rotatable bonds is 7. The SMILES string of the molecule is O=C(O)c1ccccc1Oc1ccc(N(c2ccccc2)c2cc(-c3ccc4occc4c3)c3c(c2)oc2ccccc23)cc1. The van der Waals surface area contributed by atoms with Gasteiger partial charge in [-0.1, -0.05) is 54.6 Å². The van der Waals surface area contributed by atoms with Crippen LogP contribution in [0.25, 0.3) is 44.0 Å². The number of carboxylic acid groups (broad SMARTS) is 1. The summed E-state index contributed by atoms with van der Waals surface area (Å²) in [4.78, 5) is 13.9. The van der Waals surface area contributed by atoms with Crippen molar-refractivity contribution < 1.29 is 23.5 Å². The summed E-state index contributed by atoms with van der Waals surface area (Å²) < 4.78 is 18.1. The lowest BCUT2D eigenvalue weighted by Gasteiger charge is -2.26. The smallest absolute Gasteiger partial charge is 0.339 e. The van der Waals surface area contributed by atoms with Crippen LogP contribution in [0.1, 0.15) is 10.4 Å². The van der Waals surface area contributed by atoms with Gasteiger partial charge >= 0.3 is 5.97 Å². The van der Waals surface area contributed by atoms with E-state index in [-0.39, 0.29) is 11.3 Å². The molecule has 6 heteroatoms. The molecule has 0 saturated carbocycles. The molecule has 45 heavy (non-hydrogen) atoms. The quantitative estimate of drug-likeness (QED) is 0.200. The van der Waals surface area contributed by atoms with Crippen LogP contribution in [0.2, 0.25) is 0 Å². The molecule has 2 aromatic heterocycles. The minimum absolute atomic E-state index is 0.104. The lowest BCUT2D eigenvalue weighted by Crippen LogP contribution is -2.10. The Bertz CT molecular complexity index is 2330. The highest BCUT2D eigenvalue weighted by atomic mass is 16.5. The van der Waals surface area contributed by atoms with Gasteiger partial charge in [-0.15, -0.1) is 0 Å². The molecule has 0 spiro atoms. The molecule has 1 N–H and O–H groups in total. The van der Waals surface area contributed by atoms with Gasteiger partial charge in [0.05, 0.1) is 12.0 Å². The predicted octanol–water partition coefficient (Wildman–Crippen LogP) is 11.0. The number of aromatic carboxylic acids is 1. The fourth-order valence-corrected chi connectivity index (χ4v) is 5.88. The van der Waals surface area contributed by atoms with Crippen LogP contribution in [0.5, 0.6) is 11.5 Å². The maximum atomic E-state index is 11.7. The third-order valence-electron chi connectivity index (χ3n) is 7.94. The van der Waals surface area contributed by atoms with Crippen molar-refractivity contribution in [2.24, 2.45) is 0 Å². The summed E-state index contributed by atoms with van der Waals surface area (Å²) in [7, 11) is 0. The van der Waals surface area contributed by atoms with Gasteiger partial charge < -0.3 is 23.6 Å². The average molecular weight is 588 g/mol. The van der Waals surface area contributed by atoms with Crippen LogP contribution >= 0.6 is 0 Å². The summed E-state index contributed by atoms with van der Waals surface area (Å²) in [6.07, 6.45) is 1.71. The van der Waals surface area contributed by atoms with Gasteiger partial charge in [0.2, 0.25) is 0 Å². The van der Waals surface area contributed by atoms with Gasteiger partial charge in [-0.25, -0.2) is 4.79 Å². The monoisotopic (exact) mass is 587 g/mol. The number of furan rings is 2. The molecule has 6 nitrogen and oxygen atoms in total. The number of para-hydroxylation sites is 3. The number of carbonyl (C=O) groups is 1.